The number of carbonyl (C=O) groups excluding carboxylic acids is 2. The second kappa shape index (κ2) is 5.70. The van der Waals surface area contributed by atoms with Crippen LogP contribution in [0.4, 0.5) is 0 Å². The number of benzene rings is 1. The molecule has 0 radical (unpaired) electrons. The highest BCUT2D eigenvalue weighted by molar-refractivity contribution is 5.75. The third kappa shape index (κ3) is 3.24. The summed E-state index contributed by atoms with van der Waals surface area (Å²) < 4.78 is 10.0. The Kier molecular flexibility index (Phi) is 4.27. The average Bonchev–Trinajstić information content (AvgIpc) is 2.27. The van der Waals surface area contributed by atoms with Gasteiger partial charge in [0.1, 0.15) is 6.29 Å². The Hall–Kier alpha value is -2.10. The van der Waals surface area contributed by atoms with Gasteiger partial charge in [0.25, 0.3) is 0 Å². The van der Waals surface area contributed by atoms with Crippen molar-refractivity contribution in [1.82, 2.24) is 0 Å². The van der Waals surface area contributed by atoms with Gasteiger partial charge in [0.15, 0.2) is 11.5 Å². The fourth-order valence-electron chi connectivity index (χ4n) is 1.18. The van der Waals surface area contributed by atoms with Crippen molar-refractivity contribution in [2.45, 2.75) is 6.92 Å². The Labute approximate surface area is 93.5 Å². The molecule has 16 heavy (non-hydrogen) atoms. The summed E-state index contributed by atoms with van der Waals surface area (Å²) in [5.74, 6) is 0.399. The highest BCUT2D eigenvalue weighted by Gasteiger charge is 2.06. The van der Waals surface area contributed by atoms with Gasteiger partial charge in [-0.2, -0.15) is 0 Å². The molecule has 0 N–H and O–H groups in total. The number of aldehydes is 1. The van der Waals surface area contributed by atoms with Crippen molar-refractivity contribution in [3.63, 3.8) is 0 Å². The lowest BCUT2D eigenvalue weighted by molar-refractivity contribution is -0.132. The van der Waals surface area contributed by atoms with Crippen LogP contribution in [0.2, 0.25) is 0 Å². The molecule has 0 aliphatic carbocycles. The van der Waals surface area contributed by atoms with Gasteiger partial charge in [-0.15, -0.1) is 0 Å². The van der Waals surface area contributed by atoms with E-state index in [1.165, 1.54) is 20.1 Å². The Balaban J connectivity index is 3.01. The Bertz CT molecular complexity index is 421. The SMILES string of the molecule is COc1cc(/C=C\C=O)ccc1OC(C)=O. The first-order valence-electron chi connectivity index (χ1n) is 4.65. The van der Waals surface area contributed by atoms with E-state index in [9.17, 15) is 9.59 Å². The molecule has 0 spiro atoms. The van der Waals surface area contributed by atoms with Crippen LogP contribution in [0.5, 0.6) is 11.5 Å². The van der Waals surface area contributed by atoms with Gasteiger partial charge in [0.2, 0.25) is 0 Å². The molecule has 4 heteroatoms. The third-order valence-corrected chi connectivity index (χ3v) is 1.81. The molecule has 0 heterocycles. The zero-order chi connectivity index (χ0) is 12.0. The lowest BCUT2D eigenvalue weighted by atomic mass is 10.2. The van der Waals surface area contributed by atoms with E-state index in [0.717, 1.165) is 5.56 Å². The Morgan fingerprint density at radius 2 is 2.06 bits per heavy atom. The van der Waals surface area contributed by atoms with Crippen molar-refractivity contribution in [3.8, 4) is 11.5 Å². The molecule has 0 fully saturated rings. The van der Waals surface area contributed by atoms with E-state index in [0.29, 0.717) is 17.8 Å². The van der Waals surface area contributed by atoms with E-state index in [4.69, 9.17) is 9.47 Å². The number of esters is 1. The summed E-state index contributed by atoms with van der Waals surface area (Å²) in [4.78, 5) is 21.0. The molecule has 0 aliphatic rings. The number of allylic oxidation sites excluding steroid dienone is 1. The summed E-state index contributed by atoms with van der Waals surface area (Å²) in [5, 5.41) is 0. The fraction of sp³-hybridized carbons (Fsp3) is 0.167. The van der Waals surface area contributed by atoms with Crippen molar-refractivity contribution < 1.29 is 19.1 Å². The predicted molar refractivity (Wildman–Crippen MR) is 59.4 cm³/mol. The highest BCUT2D eigenvalue weighted by Crippen LogP contribution is 2.28. The molecular weight excluding hydrogens is 208 g/mol. The Morgan fingerprint density at radius 1 is 1.31 bits per heavy atom. The van der Waals surface area contributed by atoms with E-state index in [2.05, 4.69) is 0 Å². The molecule has 0 aromatic heterocycles. The molecule has 0 aliphatic heterocycles. The fourth-order valence-corrected chi connectivity index (χ4v) is 1.18. The zero-order valence-electron chi connectivity index (χ0n) is 9.10. The molecule has 0 saturated carbocycles. The molecule has 0 amide bonds. The van der Waals surface area contributed by atoms with Crippen LogP contribution in [-0.4, -0.2) is 19.4 Å². The number of ether oxygens (including phenoxy) is 2. The summed E-state index contributed by atoms with van der Waals surface area (Å²) >= 11 is 0. The summed E-state index contributed by atoms with van der Waals surface area (Å²) in [6.45, 7) is 1.32. The van der Waals surface area contributed by atoms with E-state index in [1.54, 1.807) is 24.3 Å². The summed E-state index contributed by atoms with van der Waals surface area (Å²) in [7, 11) is 1.48. The quantitative estimate of drug-likeness (QED) is 0.336. The lowest BCUT2D eigenvalue weighted by Gasteiger charge is -2.08. The summed E-state index contributed by atoms with van der Waals surface area (Å²) in [6.07, 6.45) is 3.69. The Morgan fingerprint density at radius 3 is 2.62 bits per heavy atom. The minimum Gasteiger partial charge on any atom is -0.493 e. The predicted octanol–water partition coefficient (Wildman–Crippen LogP) is 1.83. The van der Waals surface area contributed by atoms with Crippen LogP contribution >= 0.6 is 0 Å². The summed E-state index contributed by atoms with van der Waals surface area (Å²) in [5.41, 5.74) is 0.792. The van der Waals surface area contributed by atoms with E-state index >= 15 is 0 Å². The maximum Gasteiger partial charge on any atom is 0.308 e. The van der Waals surface area contributed by atoms with Gasteiger partial charge < -0.3 is 9.47 Å². The second-order valence-corrected chi connectivity index (χ2v) is 3.00. The topological polar surface area (TPSA) is 52.6 Å². The van der Waals surface area contributed by atoms with Crippen molar-refractivity contribution in [2.75, 3.05) is 7.11 Å². The van der Waals surface area contributed by atoms with Crippen LogP contribution in [0.25, 0.3) is 6.08 Å². The van der Waals surface area contributed by atoms with Crippen LogP contribution in [0, 0.1) is 0 Å². The first-order valence-corrected chi connectivity index (χ1v) is 4.65. The molecule has 0 saturated heterocycles. The molecule has 0 atom stereocenters. The molecule has 4 nitrogen and oxygen atoms in total. The molecule has 1 aromatic rings. The van der Waals surface area contributed by atoms with E-state index < -0.39 is 5.97 Å². The van der Waals surface area contributed by atoms with Crippen LogP contribution in [0.1, 0.15) is 12.5 Å². The monoisotopic (exact) mass is 220 g/mol. The molecule has 0 bridgehead atoms. The van der Waals surface area contributed by atoms with Gasteiger partial charge in [-0.25, -0.2) is 0 Å². The van der Waals surface area contributed by atoms with Crippen molar-refractivity contribution in [1.29, 1.82) is 0 Å². The largest absolute Gasteiger partial charge is 0.493 e. The van der Waals surface area contributed by atoms with Crippen LogP contribution in [-0.2, 0) is 9.59 Å². The van der Waals surface area contributed by atoms with E-state index in [-0.39, 0.29) is 0 Å². The number of rotatable bonds is 4. The smallest absolute Gasteiger partial charge is 0.308 e. The van der Waals surface area contributed by atoms with Crippen molar-refractivity contribution in [2.24, 2.45) is 0 Å². The first-order chi connectivity index (χ1) is 7.67. The standard InChI is InChI=1S/C12H12O4/c1-9(14)16-11-6-5-10(4-3-7-13)8-12(11)15-2/h3-8H,1-2H3/b4-3-. The van der Waals surface area contributed by atoms with Gasteiger partial charge in [-0.1, -0.05) is 12.1 Å². The third-order valence-electron chi connectivity index (χ3n) is 1.81. The summed E-state index contributed by atoms with van der Waals surface area (Å²) in [6, 6.07) is 5.02. The molecule has 0 unspecified atom stereocenters. The molecule has 1 rings (SSSR count). The van der Waals surface area contributed by atoms with Crippen LogP contribution in [0.3, 0.4) is 0 Å². The molecule has 84 valence electrons. The van der Waals surface area contributed by atoms with Gasteiger partial charge in [-0.3, -0.25) is 9.59 Å². The van der Waals surface area contributed by atoms with Crippen molar-refractivity contribution >= 4 is 18.3 Å². The first kappa shape index (κ1) is 12.0. The average molecular weight is 220 g/mol. The minimum atomic E-state index is -0.408. The van der Waals surface area contributed by atoms with E-state index in [1.807, 2.05) is 0 Å². The minimum absolute atomic E-state index is 0.359. The number of carbonyl (C=O) groups is 2. The van der Waals surface area contributed by atoms with Gasteiger partial charge >= 0.3 is 5.97 Å². The van der Waals surface area contributed by atoms with Gasteiger partial charge in [0.05, 0.1) is 7.11 Å². The zero-order valence-corrected chi connectivity index (χ0v) is 9.10. The second-order valence-electron chi connectivity index (χ2n) is 3.00. The van der Waals surface area contributed by atoms with Crippen molar-refractivity contribution in [3.05, 3.63) is 29.8 Å². The van der Waals surface area contributed by atoms with Gasteiger partial charge in [0, 0.05) is 6.92 Å². The highest BCUT2D eigenvalue weighted by atomic mass is 16.6. The van der Waals surface area contributed by atoms with Crippen LogP contribution in [0.15, 0.2) is 24.3 Å². The normalized spacial score (nSPS) is 10.1. The lowest BCUT2D eigenvalue weighted by Crippen LogP contribution is -2.02. The molecular formula is C12H12O4. The molecule has 1 aromatic carbocycles. The number of hydrogen-bond donors (Lipinski definition) is 0. The maximum absolute atomic E-state index is 10.8. The van der Waals surface area contributed by atoms with Crippen LogP contribution < -0.4 is 9.47 Å². The number of hydrogen-bond acceptors (Lipinski definition) is 4. The maximum atomic E-state index is 10.8. The number of methoxy groups -OCH3 is 1. The van der Waals surface area contributed by atoms with Gasteiger partial charge in [-0.05, 0) is 23.8 Å².